The largest absolute Gasteiger partial charge is 0.505 e. The van der Waals surface area contributed by atoms with Gasteiger partial charge in [0.25, 0.3) is 11.7 Å². The van der Waals surface area contributed by atoms with E-state index < -0.39 is 0 Å². The van der Waals surface area contributed by atoms with Crippen molar-refractivity contribution in [1.29, 1.82) is 0 Å². The summed E-state index contributed by atoms with van der Waals surface area (Å²) in [6, 6.07) is 14.5. The van der Waals surface area contributed by atoms with Crippen LogP contribution in [0.1, 0.15) is 48.1 Å². The van der Waals surface area contributed by atoms with E-state index in [2.05, 4.69) is 15.8 Å². The van der Waals surface area contributed by atoms with E-state index in [4.69, 9.17) is 4.63 Å². The van der Waals surface area contributed by atoms with Crippen LogP contribution >= 0.6 is 0 Å². The molecule has 9 heteroatoms. The van der Waals surface area contributed by atoms with Gasteiger partial charge in [-0.05, 0) is 41.9 Å². The summed E-state index contributed by atoms with van der Waals surface area (Å²) in [5.74, 6) is 0.00603. The number of carbonyl (C=O) groups is 1. The molecule has 0 saturated carbocycles. The molecule has 3 aromatic rings. The molecule has 2 heterocycles. The van der Waals surface area contributed by atoms with E-state index in [0.717, 1.165) is 24.8 Å². The maximum Gasteiger partial charge on any atom is 0.367 e. The molecule has 0 radical (unpaired) electrons. The molecule has 31 heavy (non-hydrogen) atoms. The molecule has 0 aliphatic carbocycles. The second-order valence-corrected chi connectivity index (χ2v) is 7.52. The molecule has 1 saturated heterocycles. The average molecular weight is 424 g/mol. The number of aromatic nitrogens is 2. The van der Waals surface area contributed by atoms with Gasteiger partial charge in [0.05, 0.1) is 17.3 Å². The minimum atomic E-state index is -0.206. The first kappa shape index (κ1) is 20.5. The Labute approximate surface area is 179 Å². The molecule has 4 rings (SSSR count). The number of amides is 1. The summed E-state index contributed by atoms with van der Waals surface area (Å²) in [6.07, 6.45) is 2.67. The lowest BCUT2D eigenvalue weighted by Crippen LogP contribution is -2.27. The van der Waals surface area contributed by atoms with Crippen molar-refractivity contribution in [1.82, 2.24) is 10.1 Å². The number of likely N-dealkylation sites (tertiary alicyclic amines) is 1. The highest BCUT2D eigenvalue weighted by molar-refractivity contribution is 5.99. The van der Waals surface area contributed by atoms with Gasteiger partial charge in [0.15, 0.2) is 10.3 Å². The van der Waals surface area contributed by atoms with Gasteiger partial charge in [0.2, 0.25) is 0 Å². The Morgan fingerprint density at radius 1 is 1.19 bits per heavy atom. The highest BCUT2D eigenvalue weighted by atomic mass is 16.7. The smallest absolute Gasteiger partial charge is 0.367 e. The molecule has 4 N–H and O–H groups in total. The average Bonchev–Trinajstić information content (AvgIpc) is 3.44. The first-order valence-corrected chi connectivity index (χ1v) is 10.4. The van der Waals surface area contributed by atoms with E-state index in [1.165, 1.54) is 0 Å². The van der Waals surface area contributed by atoms with Crippen molar-refractivity contribution in [3.05, 3.63) is 64.6 Å². The number of hydrogen-bond donors (Lipinski definition) is 4. The summed E-state index contributed by atoms with van der Waals surface area (Å²) >= 11 is 0. The predicted molar refractivity (Wildman–Crippen MR) is 116 cm³/mol. The molecule has 0 spiro atoms. The van der Waals surface area contributed by atoms with Crippen molar-refractivity contribution in [2.75, 3.05) is 23.7 Å². The third-order valence-electron chi connectivity index (χ3n) is 5.49. The summed E-state index contributed by atoms with van der Waals surface area (Å²) in [4.78, 5) is 26.7. The highest BCUT2D eigenvalue weighted by Gasteiger charge is 2.27. The molecular weight excluding hydrogens is 398 g/mol. The van der Waals surface area contributed by atoms with Gasteiger partial charge in [-0.2, -0.15) is 0 Å². The Morgan fingerprint density at radius 2 is 1.94 bits per heavy atom. The fraction of sp³-hybridized carbons (Fsp3) is 0.318. The SMILES string of the molecule is CC[C@@H](Nc1c(Nc2cccc(C(=O)N3CCCC3)c2O)[nH]o[n+]1=O)c1ccccc1. The van der Waals surface area contributed by atoms with Crippen LogP contribution in [0.15, 0.2) is 53.2 Å². The zero-order valence-corrected chi connectivity index (χ0v) is 17.3. The van der Waals surface area contributed by atoms with Crippen LogP contribution in [0.5, 0.6) is 5.75 Å². The van der Waals surface area contributed by atoms with E-state index in [1.54, 1.807) is 23.1 Å². The Hall–Kier alpha value is -3.75. The van der Waals surface area contributed by atoms with Crippen LogP contribution in [0.2, 0.25) is 0 Å². The van der Waals surface area contributed by atoms with Gasteiger partial charge in [0, 0.05) is 13.1 Å². The maximum absolute atomic E-state index is 12.7. The third kappa shape index (κ3) is 4.25. The Balaban J connectivity index is 1.59. The number of aromatic hydroxyl groups is 1. The van der Waals surface area contributed by atoms with Crippen molar-refractivity contribution in [2.24, 2.45) is 0 Å². The molecule has 1 aliphatic heterocycles. The molecule has 0 bridgehead atoms. The lowest BCUT2D eigenvalue weighted by Gasteiger charge is -2.17. The van der Waals surface area contributed by atoms with Gasteiger partial charge < -0.3 is 15.3 Å². The molecular formula is C22H26N5O4+. The summed E-state index contributed by atoms with van der Waals surface area (Å²) in [6.45, 7) is 3.39. The van der Waals surface area contributed by atoms with E-state index in [9.17, 15) is 14.8 Å². The standard InChI is InChI=1S/C22H25N5O4/c1-2-17(15-9-4-3-5-10-15)24-21-20(25-31-27(21)30)23-18-12-8-11-16(19(18)28)22(29)26-13-6-7-14-26/h3-5,8-12,17H,2,6-7,13-14H2,1H3,(H3-,23,24,25,28,29,30)/p+1/t17-/m1/s1. The fourth-order valence-electron chi connectivity index (χ4n) is 3.80. The Morgan fingerprint density at radius 3 is 2.65 bits per heavy atom. The van der Waals surface area contributed by atoms with Gasteiger partial charge in [-0.3, -0.25) is 10.1 Å². The number of aromatic amines is 1. The van der Waals surface area contributed by atoms with Crippen LogP contribution in [-0.4, -0.2) is 34.2 Å². The lowest BCUT2D eigenvalue weighted by molar-refractivity contribution is -0.701. The van der Waals surface area contributed by atoms with Gasteiger partial charge >= 0.3 is 5.82 Å². The number of rotatable bonds is 7. The number of phenols is 1. The van der Waals surface area contributed by atoms with Gasteiger partial charge in [-0.15, -0.1) is 4.63 Å². The normalized spacial score (nSPS) is 14.4. The van der Waals surface area contributed by atoms with E-state index in [0.29, 0.717) is 23.4 Å². The summed E-state index contributed by atoms with van der Waals surface area (Å²) in [5, 5.41) is 19.4. The molecule has 1 aliphatic rings. The number of phenolic OH excluding ortho intramolecular Hbond substituents is 1. The van der Waals surface area contributed by atoms with E-state index in [-0.39, 0.29) is 34.9 Å². The van der Waals surface area contributed by atoms with Gasteiger partial charge in [-0.25, -0.2) is 0 Å². The minimum Gasteiger partial charge on any atom is -0.505 e. The minimum absolute atomic E-state index is 0.121. The predicted octanol–water partition coefficient (Wildman–Crippen LogP) is 3.77. The second-order valence-electron chi connectivity index (χ2n) is 7.52. The topological polar surface area (TPSA) is 116 Å². The molecule has 1 amide bonds. The molecule has 162 valence electrons. The number of hydrogen-bond acceptors (Lipinski definition) is 6. The molecule has 2 aromatic carbocycles. The van der Waals surface area contributed by atoms with Crippen LogP contribution in [0, 0.1) is 4.91 Å². The van der Waals surface area contributed by atoms with Crippen LogP contribution < -0.4 is 15.2 Å². The zero-order valence-electron chi connectivity index (χ0n) is 17.3. The van der Waals surface area contributed by atoms with Crippen molar-refractivity contribution in [3.63, 3.8) is 0 Å². The van der Waals surface area contributed by atoms with Crippen LogP contribution in [-0.2, 0) is 0 Å². The number of nitrogens with one attached hydrogen (secondary N) is 3. The van der Waals surface area contributed by atoms with Crippen LogP contribution in [0.25, 0.3) is 0 Å². The Kier molecular flexibility index (Phi) is 5.92. The molecule has 0 unspecified atom stereocenters. The number of carbonyl (C=O) groups excluding carboxylic acids is 1. The first-order valence-electron chi connectivity index (χ1n) is 10.4. The van der Waals surface area contributed by atoms with Gasteiger partial charge in [0.1, 0.15) is 0 Å². The molecule has 1 aromatic heterocycles. The van der Waals surface area contributed by atoms with Crippen LogP contribution in [0.4, 0.5) is 17.3 Å². The number of benzene rings is 2. The van der Waals surface area contributed by atoms with Crippen molar-refractivity contribution >= 4 is 23.2 Å². The van der Waals surface area contributed by atoms with E-state index >= 15 is 0 Å². The number of anilines is 3. The summed E-state index contributed by atoms with van der Waals surface area (Å²) in [5.41, 5.74) is 1.53. The quantitative estimate of drug-likeness (QED) is 0.429. The fourth-order valence-corrected chi connectivity index (χ4v) is 3.80. The summed E-state index contributed by atoms with van der Waals surface area (Å²) in [7, 11) is 0. The highest BCUT2D eigenvalue weighted by Crippen LogP contribution is 2.33. The van der Waals surface area contributed by atoms with Gasteiger partial charge in [-0.1, -0.05) is 48.5 Å². The molecule has 1 fully saturated rings. The van der Waals surface area contributed by atoms with Crippen molar-refractivity contribution in [2.45, 2.75) is 32.2 Å². The number of nitrogens with zero attached hydrogens (tertiary/aromatic N) is 2. The van der Waals surface area contributed by atoms with Crippen molar-refractivity contribution < 1.29 is 19.1 Å². The first-order chi connectivity index (χ1) is 15.1. The molecule has 9 nitrogen and oxygen atoms in total. The monoisotopic (exact) mass is 424 g/mol. The zero-order chi connectivity index (χ0) is 21.8. The van der Waals surface area contributed by atoms with E-state index in [1.807, 2.05) is 37.3 Å². The lowest BCUT2D eigenvalue weighted by atomic mass is 10.0. The second kappa shape index (κ2) is 8.95. The van der Waals surface area contributed by atoms with Crippen LogP contribution in [0.3, 0.4) is 0 Å². The maximum atomic E-state index is 12.7. The third-order valence-corrected chi connectivity index (χ3v) is 5.49. The Bertz CT molecular complexity index is 1100. The summed E-state index contributed by atoms with van der Waals surface area (Å²) < 4.78 is 5.24. The number of para-hydroxylation sites is 1. The molecule has 1 atom stereocenters. The van der Waals surface area contributed by atoms with Crippen molar-refractivity contribution in [3.8, 4) is 5.75 Å². The number of H-pyrrole nitrogens is 1.